The number of halogens is 2. The van der Waals surface area contributed by atoms with E-state index in [-0.39, 0.29) is 28.5 Å². The van der Waals surface area contributed by atoms with Gasteiger partial charge in [0.25, 0.3) is 0 Å². The van der Waals surface area contributed by atoms with Crippen molar-refractivity contribution in [1.82, 2.24) is 5.32 Å². The highest BCUT2D eigenvalue weighted by atomic mass is 19.1. The third-order valence-corrected chi connectivity index (χ3v) is 5.24. The zero-order chi connectivity index (χ0) is 15.1. The lowest BCUT2D eigenvalue weighted by atomic mass is 10.0. The molecule has 20 heavy (non-hydrogen) atoms. The fraction of sp³-hybridized carbons (Fsp3) is 0.562. The SMILES string of the molecule is CC1(C)C(CNCc2c(F)cc(C#N)cc2F)C1(C)C. The third-order valence-electron chi connectivity index (χ3n) is 5.24. The average molecular weight is 278 g/mol. The zero-order valence-electron chi connectivity index (χ0n) is 12.3. The quantitative estimate of drug-likeness (QED) is 0.913. The molecule has 108 valence electrons. The molecule has 0 aromatic heterocycles. The Balaban J connectivity index is 1.98. The van der Waals surface area contributed by atoms with Crippen molar-refractivity contribution in [3.05, 3.63) is 34.9 Å². The molecule has 1 aromatic carbocycles. The van der Waals surface area contributed by atoms with E-state index >= 15 is 0 Å². The average Bonchev–Trinajstić information content (AvgIpc) is 2.74. The first-order valence-electron chi connectivity index (χ1n) is 6.80. The summed E-state index contributed by atoms with van der Waals surface area (Å²) in [5.74, 6) is -0.828. The maximum atomic E-state index is 13.7. The highest BCUT2D eigenvalue weighted by Crippen LogP contribution is 2.67. The lowest BCUT2D eigenvalue weighted by molar-refractivity contribution is 0.457. The fourth-order valence-electron chi connectivity index (χ4n) is 3.02. The summed E-state index contributed by atoms with van der Waals surface area (Å²) in [5, 5.41) is 11.8. The molecule has 0 unspecified atom stereocenters. The number of nitrogens with one attached hydrogen (secondary N) is 1. The summed E-state index contributed by atoms with van der Waals surface area (Å²) in [6, 6.07) is 3.89. The first kappa shape index (κ1) is 14.9. The lowest BCUT2D eigenvalue weighted by Gasteiger charge is -2.08. The molecule has 0 spiro atoms. The molecule has 0 heterocycles. The molecule has 0 saturated heterocycles. The second kappa shape index (κ2) is 4.82. The summed E-state index contributed by atoms with van der Waals surface area (Å²) < 4.78 is 27.4. The Morgan fingerprint density at radius 1 is 1.15 bits per heavy atom. The Kier molecular flexibility index (Phi) is 3.60. The molecule has 0 aliphatic heterocycles. The zero-order valence-corrected chi connectivity index (χ0v) is 12.3. The predicted molar refractivity (Wildman–Crippen MR) is 73.8 cm³/mol. The molecular weight excluding hydrogens is 258 g/mol. The largest absolute Gasteiger partial charge is 0.312 e. The summed E-state index contributed by atoms with van der Waals surface area (Å²) in [5.41, 5.74) is 0.511. The Bertz CT molecular complexity index is 533. The van der Waals surface area contributed by atoms with Crippen LogP contribution in [0.5, 0.6) is 0 Å². The standard InChI is InChI=1S/C16H20F2N2/c1-15(2)14(16(15,3)4)9-20-8-11-12(17)5-10(7-19)6-13(11)18/h5-6,14,20H,8-9H2,1-4H3. The molecule has 1 aliphatic rings. The van der Waals surface area contributed by atoms with E-state index < -0.39 is 11.6 Å². The van der Waals surface area contributed by atoms with E-state index in [9.17, 15) is 8.78 Å². The topological polar surface area (TPSA) is 35.8 Å². The van der Waals surface area contributed by atoms with E-state index in [0.29, 0.717) is 5.92 Å². The van der Waals surface area contributed by atoms with Crippen molar-refractivity contribution in [1.29, 1.82) is 5.26 Å². The molecule has 1 aromatic rings. The molecular formula is C16H20F2N2. The van der Waals surface area contributed by atoms with Crippen molar-refractivity contribution in [3.8, 4) is 6.07 Å². The van der Waals surface area contributed by atoms with Gasteiger partial charge in [-0.2, -0.15) is 5.26 Å². The van der Waals surface area contributed by atoms with E-state index in [2.05, 4.69) is 33.0 Å². The van der Waals surface area contributed by atoms with Crippen LogP contribution in [0.3, 0.4) is 0 Å². The van der Waals surface area contributed by atoms with Crippen molar-refractivity contribution < 1.29 is 8.78 Å². The molecule has 2 rings (SSSR count). The Hall–Kier alpha value is -1.47. The molecule has 1 fully saturated rings. The van der Waals surface area contributed by atoms with Crippen molar-refractivity contribution in [3.63, 3.8) is 0 Å². The highest BCUT2D eigenvalue weighted by molar-refractivity contribution is 5.34. The van der Waals surface area contributed by atoms with Crippen LogP contribution in [0.4, 0.5) is 8.78 Å². The van der Waals surface area contributed by atoms with Crippen molar-refractivity contribution in [2.75, 3.05) is 6.54 Å². The van der Waals surface area contributed by atoms with Gasteiger partial charge in [-0.1, -0.05) is 27.7 Å². The summed E-state index contributed by atoms with van der Waals surface area (Å²) in [6.45, 7) is 9.72. The van der Waals surface area contributed by atoms with E-state index in [1.54, 1.807) is 6.07 Å². The maximum Gasteiger partial charge on any atom is 0.131 e. The van der Waals surface area contributed by atoms with Crippen LogP contribution in [0.2, 0.25) is 0 Å². The number of benzene rings is 1. The Morgan fingerprint density at radius 2 is 1.65 bits per heavy atom. The van der Waals surface area contributed by atoms with Crippen LogP contribution in [0.15, 0.2) is 12.1 Å². The van der Waals surface area contributed by atoms with Gasteiger partial charge in [-0.3, -0.25) is 0 Å². The number of rotatable bonds is 4. The molecule has 0 radical (unpaired) electrons. The number of hydrogen-bond donors (Lipinski definition) is 1. The summed E-state index contributed by atoms with van der Waals surface area (Å²) in [7, 11) is 0. The van der Waals surface area contributed by atoms with Gasteiger partial charge < -0.3 is 5.32 Å². The number of nitriles is 1. The van der Waals surface area contributed by atoms with Crippen molar-refractivity contribution in [2.45, 2.75) is 34.2 Å². The second-order valence-corrected chi connectivity index (χ2v) is 6.66. The number of hydrogen-bond acceptors (Lipinski definition) is 2. The minimum atomic E-state index is -0.664. The minimum absolute atomic E-state index is 0.000243. The van der Waals surface area contributed by atoms with Gasteiger partial charge in [-0.25, -0.2) is 8.78 Å². The van der Waals surface area contributed by atoms with Crippen LogP contribution in [-0.2, 0) is 6.54 Å². The molecule has 1 saturated carbocycles. The molecule has 4 heteroatoms. The van der Waals surface area contributed by atoms with Gasteiger partial charge in [0, 0.05) is 12.1 Å². The van der Waals surface area contributed by atoms with Gasteiger partial charge in [0.2, 0.25) is 0 Å². The van der Waals surface area contributed by atoms with Gasteiger partial charge in [0.1, 0.15) is 11.6 Å². The molecule has 0 bridgehead atoms. The fourth-order valence-corrected chi connectivity index (χ4v) is 3.02. The molecule has 1 N–H and O–H groups in total. The van der Waals surface area contributed by atoms with Crippen LogP contribution in [0, 0.1) is 39.7 Å². The Morgan fingerprint density at radius 3 is 2.05 bits per heavy atom. The van der Waals surface area contributed by atoms with Crippen LogP contribution in [0.1, 0.15) is 38.8 Å². The minimum Gasteiger partial charge on any atom is -0.312 e. The lowest BCUT2D eigenvalue weighted by Crippen LogP contribution is -2.20. The summed E-state index contributed by atoms with van der Waals surface area (Å²) in [6.07, 6.45) is 0. The first-order chi connectivity index (χ1) is 9.21. The van der Waals surface area contributed by atoms with Gasteiger partial charge >= 0.3 is 0 Å². The summed E-state index contributed by atoms with van der Waals surface area (Å²) in [4.78, 5) is 0. The Labute approximate surface area is 118 Å². The van der Waals surface area contributed by atoms with Gasteiger partial charge in [0.15, 0.2) is 0 Å². The smallest absolute Gasteiger partial charge is 0.131 e. The number of nitrogens with zero attached hydrogens (tertiary/aromatic N) is 1. The van der Waals surface area contributed by atoms with Crippen LogP contribution in [-0.4, -0.2) is 6.54 Å². The molecule has 2 nitrogen and oxygen atoms in total. The second-order valence-electron chi connectivity index (χ2n) is 6.66. The normalized spacial score (nSPS) is 19.6. The molecule has 0 amide bonds. The van der Waals surface area contributed by atoms with E-state index in [1.165, 1.54) is 0 Å². The van der Waals surface area contributed by atoms with Crippen LogP contribution < -0.4 is 5.32 Å². The maximum absolute atomic E-state index is 13.7. The van der Waals surface area contributed by atoms with E-state index in [4.69, 9.17) is 5.26 Å². The predicted octanol–water partition coefficient (Wildman–Crippen LogP) is 3.61. The molecule has 0 atom stereocenters. The highest BCUT2D eigenvalue weighted by Gasteiger charge is 2.63. The van der Waals surface area contributed by atoms with Gasteiger partial charge in [-0.05, 0) is 35.4 Å². The van der Waals surface area contributed by atoms with Gasteiger partial charge in [0.05, 0.1) is 11.6 Å². The van der Waals surface area contributed by atoms with Crippen LogP contribution >= 0.6 is 0 Å². The van der Waals surface area contributed by atoms with E-state index in [1.807, 2.05) is 0 Å². The van der Waals surface area contributed by atoms with Crippen molar-refractivity contribution >= 4 is 0 Å². The third kappa shape index (κ3) is 2.31. The molecule has 1 aliphatic carbocycles. The first-order valence-corrected chi connectivity index (χ1v) is 6.80. The van der Waals surface area contributed by atoms with Crippen molar-refractivity contribution in [2.24, 2.45) is 16.7 Å². The van der Waals surface area contributed by atoms with E-state index in [0.717, 1.165) is 18.7 Å². The monoisotopic (exact) mass is 278 g/mol. The van der Waals surface area contributed by atoms with Gasteiger partial charge in [-0.15, -0.1) is 0 Å². The summed E-state index contributed by atoms with van der Waals surface area (Å²) >= 11 is 0. The van der Waals surface area contributed by atoms with Crippen LogP contribution in [0.25, 0.3) is 0 Å².